The van der Waals surface area contributed by atoms with Gasteiger partial charge in [-0.25, -0.2) is 0 Å². The number of benzene rings is 3. The third-order valence-corrected chi connectivity index (χ3v) is 5.96. The molecular formula is C28H30N8O. The van der Waals surface area contributed by atoms with E-state index in [1.165, 1.54) is 5.56 Å². The van der Waals surface area contributed by atoms with Crippen LogP contribution in [0.5, 0.6) is 0 Å². The molecule has 188 valence electrons. The van der Waals surface area contributed by atoms with E-state index in [0.717, 1.165) is 24.8 Å². The van der Waals surface area contributed by atoms with Crippen LogP contribution < -0.4 is 27.0 Å². The van der Waals surface area contributed by atoms with E-state index in [0.29, 0.717) is 53.9 Å². The van der Waals surface area contributed by atoms with Crippen LogP contribution in [0.4, 0.5) is 29.2 Å². The molecule has 9 heteroatoms. The minimum Gasteiger partial charge on any atom is -0.397 e. The molecule has 0 atom stereocenters. The van der Waals surface area contributed by atoms with Gasteiger partial charge in [0.1, 0.15) is 0 Å². The lowest BCUT2D eigenvalue weighted by atomic mass is 10.1. The Morgan fingerprint density at radius 3 is 2.19 bits per heavy atom. The number of carbonyl (C=O) groups is 1. The molecule has 0 bridgehead atoms. The Bertz CT molecular complexity index is 1340. The number of nitrogens with zero attached hydrogens (tertiary/aromatic N) is 3. The van der Waals surface area contributed by atoms with Gasteiger partial charge in [0.2, 0.25) is 17.8 Å². The number of hydrogen-bond donors (Lipinski definition) is 5. The van der Waals surface area contributed by atoms with Gasteiger partial charge in [0.25, 0.3) is 5.91 Å². The van der Waals surface area contributed by atoms with Crippen molar-refractivity contribution < 1.29 is 4.79 Å². The summed E-state index contributed by atoms with van der Waals surface area (Å²) in [6, 6.07) is 25.3. The zero-order valence-electron chi connectivity index (χ0n) is 20.4. The quantitative estimate of drug-likeness (QED) is 0.192. The first-order valence-electron chi connectivity index (χ1n) is 12.4. The van der Waals surface area contributed by atoms with E-state index in [1.807, 2.05) is 42.5 Å². The molecule has 1 aliphatic rings. The van der Waals surface area contributed by atoms with Gasteiger partial charge in [-0.2, -0.15) is 15.0 Å². The van der Waals surface area contributed by atoms with Crippen molar-refractivity contribution in [3.63, 3.8) is 0 Å². The predicted molar refractivity (Wildman–Crippen MR) is 148 cm³/mol. The van der Waals surface area contributed by atoms with Gasteiger partial charge in [-0.3, -0.25) is 4.79 Å². The normalized spacial score (nSPS) is 12.5. The van der Waals surface area contributed by atoms with Gasteiger partial charge in [0.15, 0.2) is 0 Å². The maximum atomic E-state index is 12.6. The second-order valence-electron chi connectivity index (χ2n) is 8.98. The molecule has 3 aromatic carbocycles. The molecule has 4 aromatic rings. The smallest absolute Gasteiger partial charge is 0.255 e. The van der Waals surface area contributed by atoms with Crippen molar-refractivity contribution in [3.05, 3.63) is 95.6 Å². The second-order valence-corrected chi connectivity index (χ2v) is 8.98. The average Bonchev–Trinajstić information content (AvgIpc) is 3.74. The maximum Gasteiger partial charge on any atom is 0.255 e. The van der Waals surface area contributed by atoms with Crippen LogP contribution >= 0.6 is 0 Å². The largest absolute Gasteiger partial charge is 0.397 e. The lowest BCUT2D eigenvalue weighted by molar-refractivity contribution is 0.102. The van der Waals surface area contributed by atoms with Crippen molar-refractivity contribution in [3.8, 4) is 0 Å². The summed E-state index contributed by atoms with van der Waals surface area (Å²) in [7, 11) is 0. The molecule has 1 aromatic heterocycles. The SMILES string of the molecule is Nc1ccccc1NC(=O)c1ccc(CNc2nc(NCCc3ccccc3)nc(NC3CC3)n2)cc1. The molecule has 6 N–H and O–H groups in total. The fourth-order valence-electron chi connectivity index (χ4n) is 3.73. The Labute approximate surface area is 216 Å². The first-order chi connectivity index (χ1) is 18.1. The number of nitrogens with two attached hydrogens (primary N) is 1. The zero-order valence-corrected chi connectivity index (χ0v) is 20.4. The van der Waals surface area contributed by atoms with Gasteiger partial charge < -0.3 is 27.0 Å². The van der Waals surface area contributed by atoms with E-state index in [9.17, 15) is 4.79 Å². The fourth-order valence-corrected chi connectivity index (χ4v) is 3.73. The first-order valence-corrected chi connectivity index (χ1v) is 12.4. The molecule has 1 aliphatic carbocycles. The van der Waals surface area contributed by atoms with Crippen molar-refractivity contribution >= 4 is 35.1 Å². The number of amides is 1. The molecular weight excluding hydrogens is 464 g/mol. The Balaban J connectivity index is 1.19. The Morgan fingerprint density at radius 2 is 1.46 bits per heavy atom. The van der Waals surface area contributed by atoms with Gasteiger partial charge in [-0.1, -0.05) is 54.6 Å². The number of para-hydroxylation sites is 2. The molecule has 1 fully saturated rings. The molecule has 0 spiro atoms. The molecule has 0 saturated heterocycles. The van der Waals surface area contributed by atoms with Gasteiger partial charge in [-0.05, 0) is 54.7 Å². The van der Waals surface area contributed by atoms with Crippen LogP contribution in [0.3, 0.4) is 0 Å². The number of nitrogens with one attached hydrogen (secondary N) is 4. The highest BCUT2D eigenvalue weighted by atomic mass is 16.1. The van der Waals surface area contributed by atoms with Gasteiger partial charge in [0, 0.05) is 24.7 Å². The highest BCUT2D eigenvalue weighted by Crippen LogP contribution is 2.24. The molecule has 1 heterocycles. The highest BCUT2D eigenvalue weighted by molar-refractivity contribution is 6.05. The van der Waals surface area contributed by atoms with Crippen LogP contribution in [0.2, 0.25) is 0 Å². The Kier molecular flexibility index (Phi) is 7.40. The summed E-state index contributed by atoms with van der Waals surface area (Å²) in [6.07, 6.45) is 3.13. The summed E-state index contributed by atoms with van der Waals surface area (Å²) >= 11 is 0. The highest BCUT2D eigenvalue weighted by Gasteiger charge is 2.22. The van der Waals surface area contributed by atoms with Crippen LogP contribution in [-0.4, -0.2) is 33.4 Å². The average molecular weight is 495 g/mol. The van der Waals surface area contributed by atoms with E-state index in [4.69, 9.17) is 5.73 Å². The van der Waals surface area contributed by atoms with E-state index in [2.05, 4.69) is 48.4 Å². The summed E-state index contributed by atoms with van der Waals surface area (Å²) in [5, 5.41) is 12.8. The Morgan fingerprint density at radius 1 is 0.784 bits per heavy atom. The summed E-state index contributed by atoms with van der Waals surface area (Å²) in [5.41, 5.74) is 9.84. The topological polar surface area (TPSA) is 130 Å². The minimum absolute atomic E-state index is 0.211. The Hall–Kier alpha value is -4.66. The summed E-state index contributed by atoms with van der Waals surface area (Å²) in [4.78, 5) is 26.2. The van der Waals surface area contributed by atoms with Gasteiger partial charge in [-0.15, -0.1) is 0 Å². The van der Waals surface area contributed by atoms with Crippen molar-refractivity contribution in [1.29, 1.82) is 0 Å². The van der Waals surface area contributed by atoms with Crippen LogP contribution in [0.25, 0.3) is 0 Å². The summed E-state index contributed by atoms with van der Waals surface area (Å²) in [5.74, 6) is 1.37. The fraction of sp³-hybridized carbons (Fsp3) is 0.214. The van der Waals surface area contributed by atoms with E-state index in [-0.39, 0.29) is 5.91 Å². The molecule has 0 radical (unpaired) electrons. The zero-order chi connectivity index (χ0) is 25.5. The van der Waals surface area contributed by atoms with Crippen molar-refractivity contribution in [2.75, 3.05) is 33.5 Å². The number of rotatable bonds is 11. The minimum atomic E-state index is -0.211. The number of nitrogen functional groups attached to an aromatic ring is 1. The van der Waals surface area contributed by atoms with Gasteiger partial charge >= 0.3 is 0 Å². The lowest BCUT2D eigenvalue weighted by Crippen LogP contribution is -2.15. The van der Waals surface area contributed by atoms with Crippen LogP contribution in [0.15, 0.2) is 78.9 Å². The summed E-state index contributed by atoms with van der Waals surface area (Å²) < 4.78 is 0. The molecule has 37 heavy (non-hydrogen) atoms. The molecule has 1 saturated carbocycles. The maximum absolute atomic E-state index is 12.6. The molecule has 9 nitrogen and oxygen atoms in total. The molecule has 0 aliphatic heterocycles. The lowest BCUT2D eigenvalue weighted by Gasteiger charge is -2.12. The van der Waals surface area contributed by atoms with Crippen LogP contribution in [-0.2, 0) is 13.0 Å². The predicted octanol–water partition coefficient (Wildman–Crippen LogP) is 4.55. The van der Waals surface area contributed by atoms with Crippen molar-refractivity contribution in [2.45, 2.75) is 31.8 Å². The molecule has 5 rings (SSSR count). The standard InChI is InChI=1S/C28H30N8O/c29-23-8-4-5-9-24(23)33-25(37)21-12-10-20(11-13-21)18-31-27-34-26(35-28(36-27)32-22-14-15-22)30-17-16-19-6-2-1-3-7-19/h1-13,22H,14-18,29H2,(H,33,37)(H3,30,31,32,34,35,36). The van der Waals surface area contributed by atoms with Crippen LogP contribution in [0, 0.1) is 0 Å². The van der Waals surface area contributed by atoms with E-state index >= 15 is 0 Å². The van der Waals surface area contributed by atoms with E-state index in [1.54, 1.807) is 24.3 Å². The number of aromatic nitrogens is 3. The summed E-state index contributed by atoms with van der Waals surface area (Å²) in [6.45, 7) is 1.22. The second kappa shape index (κ2) is 11.4. The molecule has 0 unspecified atom stereocenters. The monoisotopic (exact) mass is 494 g/mol. The van der Waals surface area contributed by atoms with Crippen molar-refractivity contribution in [1.82, 2.24) is 15.0 Å². The molecule has 1 amide bonds. The van der Waals surface area contributed by atoms with Crippen molar-refractivity contribution in [2.24, 2.45) is 0 Å². The number of carbonyl (C=O) groups excluding carboxylic acids is 1. The van der Waals surface area contributed by atoms with Gasteiger partial charge in [0.05, 0.1) is 11.4 Å². The van der Waals surface area contributed by atoms with Crippen LogP contribution in [0.1, 0.15) is 34.3 Å². The first kappa shape index (κ1) is 24.1. The third kappa shape index (κ3) is 6.94. The third-order valence-electron chi connectivity index (χ3n) is 5.96. The number of anilines is 5. The van der Waals surface area contributed by atoms with E-state index < -0.39 is 0 Å². The number of hydrogen-bond acceptors (Lipinski definition) is 8.